The minimum atomic E-state index is -0.133. The highest BCUT2D eigenvalue weighted by molar-refractivity contribution is 5.84. The molecule has 0 aliphatic carbocycles. The van der Waals surface area contributed by atoms with Crippen LogP contribution in [0.3, 0.4) is 0 Å². The molecule has 0 amide bonds. The van der Waals surface area contributed by atoms with Crippen molar-refractivity contribution in [2.45, 2.75) is 0 Å². The van der Waals surface area contributed by atoms with Gasteiger partial charge in [0.25, 0.3) is 0 Å². The predicted octanol–water partition coefficient (Wildman–Crippen LogP) is 0.932. The molecule has 4 heteroatoms. The lowest BCUT2D eigenvalue weighted by atomic mass is 10.2. The maximum absolute atomic E-state index is 11.4. The molecular formula is C9H8N2O2. The lowest BCUT2D eigenvalue weighted by Gasteiger charge is -2.02. The Morgan fingerprint density at radius 1 is 1.46 bits per heavy atom. The summed E-state index contributed by atoms with van der Waals surface area (Å²) < 4.78 is 5.06. The van der Waals surface area contributed by atoms with Gasteiger partial charge in [0.15, 0.2) is 0 Å². The smallest absolute Gasteiger partial charge is 0.211 e. The van der Waals surface area contributed by atoms with Crippen molar-refractivity contribution >= 4 is 10.9 Å². The first kappa shape index (κ1) is 7.79. The second-order valence-corrected chi connectivity index (χ2v) is 2.62. The summed E-state index contributed by atoms with van der Waals surface area (Å²) >= 11 is 0. The fourth-order valence-electron chi connectivity index (χ4n) is 1.27. The maximum atomic E-state index is 11.4. The Hall–Kier alpha value is -1.84. The summed E-state index contributed by atoms with van der Waals surface area (Å²) in [6.07, 6.45) is 1.24. The minimum Gasteiger partial charge on any atom is -0.496 e. The molecule has 1 N–H and O–H groups in total. The summed E-state index contributed by atoms with van der Waals surface area (Å²) in [6, 6.07) is 5.34. The van der Waals surface area contributed by atoms with Crippen LogP contribution in [0.4, 0.5) is 0 Å². The normalized spacial score (nSPS) is 10.2. The molecule has 0 spiro atoms. The van der Waals surface area contributed by atoms with Gasteiger partial charge < -0.3 is 4.74 Å². The third kappa shape index (κ3) is 1.16. The number of hydrogen-bond acceptors (Lipinski definition) is 3. The SMILES string of the molecule is COc1cccc2[nH]ncc(=O)c12. The average Bonchev–Trinajstić information content (AvgIpc) is 2.17. The molecule has 4 nitrogen and oxygen atoms in total. The van der Waals surface area contributed by atoms with E-state index in [9.17, 15) is 4.79 Å². The topological polar surface area (TPSA) is 55.0 Å². The number of aromatic nitrogens is 2. The van der Waals surface area contributed by atoms with Crippen LogP contribution in [0.5, 0.6) is 5.75 Å². The van der Waals surface area contributed by atoms with Crippen LogP contribution < -0.4 is 10.2 Å². The minimum absolute atomic E-state index is 0.133. The lowest BCUT2D eigenvalue weighted by molar-refractivity contribution is 0.419. The highest BCUT2D eigenvalue weighted by Gasteiger charge is 2.03. The fourth-order valence-corrected chi connectivity index (χ4v) is 1.27. The summed E-state index contributed by atoms with van der Waals surface area (Å²) in [5, 5.41) is 6.97. The second kappa shape index (κ2) is 2.90. The van der Waals surface area contributed by atoms with Crippen LogP contribution in [0.2, 0.25) is 0 Å². The second-order valence-electron chi connectivity index (χ2n) is 2.62. The molecule has 0 bridgehead atoms. The molecule has 2 rings (SSSR count). The molecule has 1 heterocycles. The lowest BCUT2D eigenvalue weighted by Crippen LogP contribution is -2.04. The Morgan fingerprint density at radius 3 is 3.08 bits per heavy atom. The van der Waals surface area contributed by atoms with Crippen LogP contribution in [0.1, 0.15) is 0 Å². The van der Waals surface area contributed by atoms with Crippen LogP contribution >= 0.6 is 0 Å². The van der Waals surface area contributed by atoms with Gasteiger partial charge in [0.1, 0.15) is 5.75 Å². The molecule has 0 saturated heterocycles. The predicted molar refractivity (Wildman–Crippen MR) is 48.9 cm³/mol. The van der Waals surface area contributed by atoms with E-state index in [0.717, 1.165) is 0 Å². The van der Waals surface area contributed by atoms with Crippen LogP contribution in [-0.4, -0.2) is 17.3 Å². The van der Waals surface area contributed by atoms with Crippen molar-refractivity contribution in [2.24, 2.45) is 0 Å². The van der Waals surface area contributed by atoms with E-state index in [4.69, 9.17) is 4.74 Å². The van der Waals surface area contributed by atoms with Gasteiger partial charge in [-0.1, -0.05) is 6.07 Å². The third-order valence-corrected chi connectivity index (χ3v) is 1.86. The largest absolute Gasteiger partial charge is 0.496 e. The van der Waals surface area contributed by atoms with Gasteiger partial charge in [-0.2, -0.15) is 5.10 Å². The van der Waals surface area contributed by atoms with Gasteiger partial charge in [-0.3, -0.25) is 9.89 Å². The van der Waals surface area contributed by atoms with E-state index < -0.39 is 0 Å². The van der Waals surface area contributed by atoms with E-state index in [1.807, 2.05) is 0 Å². The summed E-state index contributed by atoms with van der Waals surface area (Å²) in [5.41, 5.74) is 0.554. The van der Waals surface area contributed by atoms with Crippen molar-refractivity contribution < 1.29 is 4.74 Å². The van der Waals surface area contributed by atoms with E-state index in [0.29, 0.717) is 16.7 Å². The van der Waals surface area contributed by atoms with E-state index in [2.05, 4.69) is 10.2 Å². The summed E-state index contributed by atoms with van der Waals surface area (Å²) in [6.45, 7) is 0. The fraction of sp³-hybridized carbons (Fsp3) is 0.111. The molecule has 0 saturated carbocycles. The number of methoxy groups -OCH3 is 1. The summed E-state index contributed by atoms with van der Waals surface area (Å²) in [5.74, 6) is 0.571. The molecule has 0 aliphatic rings. The third-order valence-electron chi connectivity index (χ3n) is 1.86. The first-order chi connectivity index (χ1) is 6.33. The van der Waals surface area contributed by atoms with Gasteiger partial charge in [0, 0.05) is 0 Å². The molecule has 66 valence electrons. The van der Waals surface area contributed by atoms with Gasteiger partial charge >= 0.3 is 0 Å². The molecule has 0 aliphatic heterocycles. The number of nitrogens with zero attached hydrogens (tertiary/aromatic N) is 1. The quantitative estimate of drug-likeness (QED) is 0.703. The Morgan fingerprint density at radius 2 is 2.31 bits per heavy atom. The first-order valence-corrected chi connectivity index (χ1v) is 3.83. The molecule has 0 fully saturated rings. The molecule has 0 atom stereocenters. The van der Waals surface area contributed by atoms with Crippen LogP contribution in [-0.2, 0) is 0 Å². The number of fused-ring (bicyclic) bond motifs is 1. The first-order valence-electron chi connectivity index (χ1n) is 3.83. The van der Waals surface area contributed by atoms with Crippen LogP contribution in [0.25, 0.3) is 10.9 Å². The van der Waals surface area contributed by atoms with Crippen LogP contribution in [0, 0.1) is 0 Å². The highest BCUT2D eigenvalue weighted by Crippen LogP contribution is 2.18. The zero-order valence-electron chi connectivity index (χ0n) is 7.07. The number of benzene rings is 1. The van der Waals surface area contributed by atoms with Crippen molar-refractivity contribution in [3.63, 3.8) is 0 Å². The number of H-pyrrole nitrogens is 1. The Balaban J connectivity index is 2.95. The van der Waals surface area contributed by atoms with E-state index >= 15 is 0 Å². The molecular weight excluding hydrogens is 168 g/mol. The number of nitrogens with one attached hydrogen (secondary N) is 1. The van der Waals surface area contributed by atoms with Gasteiger partial charge in [-0.25, -0.2) is 0 Å². The molecule has 0 radical (unpaired) electrons. The van der Waals surface area contributed by atoms with Crippen molar-refractivity contribution in [1.82, 2.24) is 10.2 Å². The monoisotopic (exact) mass is 176 g/mol. The zero-order chi connectivity index (χ0) is 9.26. The highest BCUT2D eigenvalue weighted by atomic mass is 16.5. The summed E-state index contributed by atoms with van der Waals surface area (Å²) in [7, 11) is 1.54. The Bertz CT molecular complexity index is 485. The molecule has 2 aromatic rings. The average molecular weight is 176 g/mol. The van der Waals surface area contributed by atoms with E-state index in [1.165, 1.54) is 13.3 Å². The Labute approximate surface area is 74.2 Å². The van der Waals surface area contributed by atoms with Crippen LogP contribution in [0.15, 0.2) is 29.2 Å². The van der Waals surface area contributed by atoms with Gasteiger partial charge in [0.2, 0.25) is 5.43 Å². The number of rotatable bonds is 1. The van der Waals surface area contributed by atoms with Crippen molar-refractivity contribution in [3.05, 3.63) is 34.6 Å². The van der Waals surface area contributed by atoms with E-state index in [1.54, 1.807) is 18.2 Å². The maximum Gasteiger partial charge on any atom is 0.211 e. The number of hydrogen-bond donors (Lipinski definition) is 1. The number of ether oxygens (including phenoxy) is 1. The standard InChI is InChI=1S/C9H8N2O2/c1-13-8-4-2-3-6-9(8)7(12)5-10-11-6/h2-5H,1H3,(H,11,12). The number of aromatic amines is 1. The zero-order valence-corrected chi connectivity index (χ0v) is 7.07. The van der Waals surface area contributed by atoms with Gasteiger partial charge in [-0.05, 0) is 12.1 Å². The molecule has 13 heavy (non-hydrogen) atoms. The van der Waals surface area contributed by atoms with Crippen molar-refractivity contribution in [3.8, 4) is 5.75 Å². The van der Waals surface area contributed by atoms with Crippen molar-refractivity contribution in [2.75, 3.05) is 7.11 Å². The van der Waals surface area contributed by atoms with E-state index in [-0.39, 0.29) is 5.43 Å². The van der Waals surface area contributed by atoms with Gasteiger partial charge in [-0.15, -0.1) is 0 Å². The van der Waals surface area contributed by atoms with Crippen molar-refractivity contribution in [1.29, 1.82) is 0 Å². The summed E-state index contributed by atoms with van der Waals surface area (Å²) in [4.78, 5) is 11.4. The molecule has 0 unspecified atom stereocenters. The molecule has 1 aromatic heterocycles. The Kier molecular flexibility index (Phi) is 1.73. The molecule has 1 aromatic carbocycles. The van der Waals surface area contributed by atoms with Gasteiger partial charge in [0.05, 0.1) is 24.2 Å².